The Hall–Kier alpha value is -3.60. The minimum absolute atomic E-state index is 0.290. The van der Waals surface area contributed by atoms with E-state index in [1.165, 1.54) is 6.20 Å². The lowest BCUT2D eigenvalue weighted by atomic mass is 10.1. The number of carbonyl (C=O) groups is 2. The van der Waals surface area contributed by atoms with E-state index in [1.807, 2.05) is 0 Å². The van der Waals surface area contributed by atoms with Crippen molar-refractivity contribution in [2.75, 3.05) is 11.5 Å². The van der Waals surface area contributed by atoms with Crippen LogP contribution in [0.2, 0.25) is 0 Å². The van der Waals surface area contributed by atoms with Gasteiger partial charge < -0.3 is 14.8 Å². The molecule has 0 spiro atoms. The molecule has 1 aliphatic heterocycles. The summed E-state index contributed by atoms with van der Waals surface area (Å²) in [4.78, 5) is 29.7. The van der Waals surface area contributed by atoms with E-state index in [0.717, 1.165) is 17.7 Å². The Kier molecular flexibility index (Phi) is 4.59. The second kappa shape index (κ2) is 7.09. The molecule has 1 aromatic carbocycles. The van der Waals surface area contributed by atoms with Crippen molar-refractivity contribution in [2.24, 2.45) is 5.92 Å². The lowest BCUT2D eigenvalue weighted by Crippen LogP contribution is -2.40. The monoisotopic (exact) mass is 392 g/mol. The summed E-state index contributed by atoms with van der Waals surface area (Å²) in [6.07, 6.45) is 3.72. The second-order valence-electron chi connectivity index (χ2n) is 7.68. The van der Waals surface area contributed by atoms with Gasteiger partial charge in [-0.05, 0) is 50.8 Å². The third-order valence-corrected chi connectivity index (χ3v) is 4.81. The molecule has 29 heavy (non-hydrogen) atoms. The van der Waals surface area contributed by atoms with Crippen LogP contribution in [0.3, 0.4) is 0 Å². The van der Waals surface area contributed by atoms with E-state index < -0.39 is 11.6 Å². The summed E-state index contributed by atoms with van der Waals surface area (Å²) in [5, 5.41) is 11.9. The standard InChI is InChI=1S/C21H20N4O4/c1-21(2)19(26)25(20(27)24-21)15-6-8-18(23-11-15)29-16-7-5-14(10-22)17(9-16)28-12-13-3-4-13/h5-9,11,13H,3-4,12H2,1-2H3,(H,24,27). The van der Waals surface area contributed by atoms with Crippen molar-refractivity contribution in [1.82, 2.24) is 10.3 Å². The van der Waals surface area contributed by atoms with Gasteiger partial charge in [-0.3, -0.25) is 4.79 Å². The molecule has 0 bridgehead atoms. The number of benzene rings is 1. The highest BCUT2D eigenvalue weighted by Gasteiger charge is 2.45. The number of nitriles is 1. The number of anilines is 1. The summed E-state index contributed by atoms with van der Waals surface area (Å²) in [5.41, 5.74) is -0.146. The fraction of sp³-hybridized carbons (Fsp3) is 0.333. The molecule has 2 fully saturated rings. The van der Waals surface area contributed by atoms with Gasteiger partial charge in [-0.15, -0.1) is 0 Å². The molecular formula is C21H20N4O4. The zero-order chi connectivity index (χ0) is 20.6. The number of imide groups is 1. The quantitative estimate of drug-likeness (QED) is 0.756. The Bertz CT molecular complexity index is 1010. The topological polar surface area (TPSA) is 105 Å². The normalized spacial score (nSPS) is 17.6. The SMILES string of the molecule is CC1(C)NC(=O)N(c2ccc(Oc3ccc(C#N)c(OCC4CC4)c3)nc2)C1=O. The van der Waals surface area contributed by atoms with Crippen LogP contribution < -0.4 is 19.7 Å². The van der Waals surface area contributed by atoms with Gasteiger partial charge >= 0.3 is 6.03 Å². The van der Waals surface area contributed by atoms with Crippen LogP contribution in [0, 0.1) is 17.2 Å². The maximum atomic E-state index is 12.4. The number of carbonyl (C=O) groups excluding carboxylic acids is 2. The molecule has 0 unspecified atom stereocenters. The number of nitrogens with one attached hydrogen (secondary N) is 1. The van der Waals surface area contributed by atoms with Crippen LogP contribution >= 0.6 is 0 Å². The molecule has 0 radical (unpaired) electrons. The number of hydrogen-bond donors (Lipinski definition) is 1. The predicted octanol–water partition coefficient (Wildman–Crippen LogP) is 3.37. The van der Waals surface area contributed by atoms with Crippen LogP contribution in [0.5, 0.6) is 17.4 Å². The van der Waals surface area contributed by atoms with Gasteiger partial charge in [0.05, 0.1) is 24.1 Å². The number of aromatic nitrogens is 1. The van der Waals surface area contributed by atoms with E-state index in [1.54, 1.807) is 44.2 Å². The highest BCUT2D eigenvalue weighted by Crippen LogP contribution is 2.33. The Morgan fingerprint density at radius 2 is 2.07 bits per heavy atom. The number of amides is 3. The maximum Gasteiger partial charge on any atom is 0.329 e. The molecule has 1 saturated carbocycles. The summed E-state index contributed by atoms with van der Waals surface area (Å²) < 4.78 is 11.5. The third-order valence-electron chi connectivity index (χ3n) is 4.81. The van der Waals surface area contributed by atoms with Crippen molar-refractivity contribution in [1.29, 1.82) is 5.26 Å². The molecule has 8 nitrogen and oxygen atoms in total. The predicted molar refractivity (Wildman–Crippen MR) is 104 cm³/mol. The summed E-state index contributed by atoms with van der Waals surface area (Å²) in [5.74, 6) is 1.47. The molecule has 3 amide bonds. The van der Waals surface area contributed by atoms with Crippen LogP contribution in [-0.2, 0) is 4.79 Å². The largest absolute Gasteiger partial charge is 0.492 e. The molecule has 8 heteroatoms. The van der Waals surface area contributed by atoms with Gasteiger partial charge in [0, 0.05) is 12.1 Å². The Morgan fingerprint density at radius 1 is 1.28 bits per heavy atom. The zero-order valence-electron chi connectivity index (χ0n) is 16.1. The third kappa shape index (κ3) is 3.85. The van der Waals surface area contributed by atoms with Gasteiger partial charge in [-0.25, -0.2) is 14.7 Å². The molecule has 1 N–H and O–H groups in total. The Morgan fingerprint density at radius 3 is 2.66 bits per heavy atom. The smallest absolute Gasteiger partial charge is 0.329 e. The average molecular weight is 392 g/mol. The van der Waals surface area contributed by atoms with Gasteiger partial charge in [0.1, 0.15) is 23.1 Å². The van der Waals surface area contributed by atoms with E-state index in [2.05, 4.69) is 16.4 Å². The molecule has 2 aliphatic rings. The van der Waals surface area contributed by atoms with Crippen molar-refractivity contribution in [2.45, 2.75) is 32.2 Å². The molecule has 4 rings (SSSR count). The summed E-state index contributed by atoms with van der Waals surface area (Å²) >= 11 is 0. The zero-order valence-corrected chi connectivity index (χ0v) is 16.1. The molecule has 1 aromatic heterocycles. The van der Waals surface area contributed by atoms with Gasteiger partial charge in [-0.2, -0.15) is 5.26 Å². The summed E-state index contributed by atoms with van der Waals surface area (Å²) in [6, 6.07) is 9.76. The van der Waals surface area contributed by atoms with Crippen LogP contribution in [0.25, 0.3) is 0 Å². The number of pyridine rings is 1. The van der Waals surface area contributed by atoms with Gasteiger partial charge in [-0.1, -0.05) is 0 Å². The first kappa shape index (κ1) is 18.7. The minimum Gasteiger partial charge on any atom is -0.492 e. The molecule has 0 atom stereocenters. The van der Waals surface area contributed by atoms with Gasteiger partial charge in [0.25, 0.3) is 5.91 Å². The lowest BCUT2D eigenvalue weighted by Gasteiger charge is -2.16. The van der Waals surface area contributed by atoms with Gasteiger partial charge in [0.2, 0.25) is 5.88 Å². The number of hydrogen-bond acceptors (Lipinski definition) is 6. The van der Waals surface area contributed by atoms with Crippen molar-refractivity contribution in [3.63, 3.8) is 0 Å². The fourth-order valence-corrected chi connectivity index (χ4v) is 2.94. The van der Waals surface area contributed by atoms with Crippen molar-refractivity contribution in [3.05, 3.63) is 42.1 Å². The van der Waals surface area contributed by atoms with Crippen LogP contribution in [0.15, 0.2) is 36.5 Å². The van der Waals surface area contributed by atoms with Crippen molar-refractivity contribution < 1.29 is 19.1 Å². The van der Waals surface area contributed by atoms with Gasteiger partial charge in [0.15, 0.2) is 0 Å². The van der Waals surface area contributed by atoms with Crippen LogP contribution in [-0.4, -0.2) is 29.1 Å². The molecule has 1 aliphatic carbocycles. The minimum atomic E-state index is -0.953. The summed E-state index contributed by atoms with van der Waals surface area (Å²) in [7, 11) is 0. The fourth-order valence-electron chi connectivity index (χ4n) is 2.94. The molecular weight excluding hydrogens is 372 g/mol. The molecule has 2 heterocycles. The maximum absolute atomic E-state index is 12.4. The first-order valence-corrected chi connectivity index (χ1v) is 9.35. The van der Waals surface area contributed by atoms with E-state index in [0.29, 0.717) is 35.3 Å². The van der Waals surface area contributed by atoms with Crippen LogP contribution in [0.1, 0.15) is 32.3 Å². The van der Waals surface area contributed by atoms with E-state index in [4.69, 9.17) is 9.47 Å². The average Bonchev–Trinajstić information content (AvgIpc) is 3.49. The molecule has 1 saturated heterocycles. The molecule has 2 aromatic rings. The van der Waals surface area contributed by atoms with E-state index in [-0.39, 0.29) is 11.8 Å². The van der Waals surface area contributed by atoms with Crippen molar-refractivity contribution >= 4 is 17.6 Å². The second-order valence-corrected chi connectivity index (χ2v) is 7.68. The highest BCUT2D eigenvalue weighted by molar-refractivity contribution is 6.22. The highest BCUT2D eigenvalue weighted by atomic mass is 16.5. The first-order chi connectivity index (χ1) is 13.9. The Balaban J connectivity index is 1.49. The summed E-state index contributed by atoms with van der Waals surface area (Å²) in [6.45, 7) is 3.88. The number of ether oxygens (including phenoxy) is 2. The van der Waals surface area contributed by atoms with Crippen molar-refractivity contribution in [3.8, 4) is 23.4 Å². The molecule has 148 valence electrons. The number of nitrogens with zero attached hydrogens (tertiary/aromatic N) is 3. The van der Waals surface area contributed by atoms with Crippen LogP contribution in [0.4, 0.5) is 10.5 Å². The first-order valence-electron chi connectivity index (χ1n) is 9.35. The Labute approximate surface area is 168 Å². The van der Waals surface area contributed by atoms with E-state index >= 15 is 0 Å². The number of urea groups is 1. The number of rotatable bonds is 6. The lowest BCUT2D eigenvalue weighted by molar-refractivity contribution is -0.121. The van der Waals surface area contributed by atoms with E-state index in [9.17, 15) is 14.9 Å².